The van der Waals surface area contributed by atoms with Gasteiger partial charge in [0.05, 0.1) is 6.61 Å². The lowest BCUT2D eigenvalue weighted by Gasteiger charge is -2.35. The maximum absolute atomic E-state index is 14.4. The van der Waals surface area contributed by atoms with Gasteiger partial charge in [0, 0.05) is 36.2 Å². The Balaban J connectivity index is 3.09. The molecule has 0 atom stereocenters. The van der Waals surface area contributed by atoms with Crippen LogP contribution < -0.4 is 5.32 Å². The van der Waals surface area contributed by atoms with Crippen LogP contribution in [0.3, 0.4) is 0 Å². The molecule has 0 unspecified atom stereocenters. The molecule has 0 saturated carbocycles. The summed E-state index contributed by atoms with van der Waals surface area (Å²) in [4.78, 5) is 0. The Kier molecular flexibility index (Phi) is 8.23. The van der Waals surface area contributed by atoms with Crippen molar-refractivity contribution >= 4 is 11.6 Å². The van der Waals surface area contributed by atoms with E-state index in [1.54, 1.807) is 19.2 Å². The molecule has 0 aliphatic heterocycles. The van der Waals surface area contributed by atoms with Gasteiger partial charge in [-0.3, -0.25) is 0 Å². The molecule has 1 aromatic carbocycles. The Hall–Kier alpha value is -0.640. The Morgan fingerprint density at radius 1 is 1.24 bits per heavy atom. The molecule has 1 rings (SSSR count). The molecule has 0 radical (unpaired) electrons. The summed E-state index contributed by atoms with van der Waals surface area (Å²) < 4.78 is 19.5. The average molecular weight is 316 g/mol. The van der Waals surface area contributed by atoms with Gasteiger partial charge in [0.25, 0.3) is 0 Å². The molecule has 0 aliphatic carbocycles. The van der Waals surface area contributed by atoms with Crippen LogP contribution in [0.4, 0.5) is 4.39 Å². The van der Waals surface area contributed by atoms with Gasteiger partial charge < -0.3 is 10.1 Å². The lowest BCUT2D eigenvalue weighted by Crippen LogP contribution is -2.40. The summed E-state index contributed by atoms with van der Waals surface area (Å²) in [6.07, 6.45) is 3.83. The van der Waals surface area contributed by atoms with Crippen LogP contribution in [0.2, 0.25) is 5.02 Å². The Labute approximate surface area is 133 Å². The van der Waals surface area contributed by atoms with E-state index in [0.717, 1.165) is 38.8 Å². The second kappa shape index (κ2) is 9.39. The lowest BCUT2D eigenvalue weighted by molar-refractivity contribution is 0.194. The maximum atomic E-state index is 14.4. The van der Waals surface area contributed by atoms with Crippen molar-refractivity contribution in [1.29, 1.82) is 0 Å². The van der Waals surface area contributed by atoms with Gasteiger partial charge in [-0.15, -0.1) is 0 Å². The Morgan fingerprint density at radius 3 is 2.43 bits per heavy atom. The van der Waals surface area contributed by atoms with Crippen molar-refractivity contribution in [3.05, 3.63) is 34.6 Å². The smallest absolute Gasteiger partial charge is 0.128 e. The number of hydrogen-bond donors (Lipinski definition) is 1. The predicted molar refractivity (Wildman–Crippen MR) is 87.6 cm³/mol. The zero-order valence-corrected chi connectivity index (χ0v) is 14.1. The fourth-order valence-electron chi connectivity index (χ4n) is 3.10. The Morgan fingerprint density at radius 2 is 1.90 bits per heavy atom. The molecule has 0 aromatic heterocycles. The van der Waals surface area contributed by atoms with Crippen molar-refractivity contribution in [2.24, 2.45) is 0 Å². The average Bonchev–Trinajstić information content (AvgIpc) is 2.44. The van der Waals surface area contributed by atoms with Crippen molar-refractivity contribution in [2.75, 3.05) is 26.8 Å². The molecule has 0 saturated heterocycles. The van der Waals surface area contributed by atoms with E-state index in [4.69, 9.17) is 16.3 Å². The monoisotopic (exact) mass is 315 g/mol. The predicted octanol–water partition coefficient (Wildman–Crippen LogP) is 4.55. The van der Waals surface area contributed by atoms with E-state index in [1.165, 1.54) is 6.07 Å². The van der Waals surface area contributed by atoms with Gasteiger partial charge >= 0.3 is 0 Å². The minimum Gasteiger partial charge on any atom is -0.383 e. The molecule has 2 nitrogen and oxygen atoms in total. The van der Waals surface area contributed by atoms with Crippen LogP contribution in [-0.4, -0.2) is 26.8 Å². The molecule has 0 heterocycles. The first kappa shape index (κ1) is 18.4. The van der Waals surface area contributed by atoms with E-state index < -0.39 is 0 Å². The summed E-state index contributed by atoms with van der Waals surface area (Å²) in [7, 11) is 1.68. The second-order valence-corrected chi connectivity index (χ2v) is 5.95. The second-order valence-electron chi connectivity index (χ2n) is 5.55. The number of nitrogens with one attached hydrogen (secondary N) is 1. The normalized spacial score (nSPS) is 11.9. The van der Waals surface area contributed by atoms with E-state index >= 15 is 0 Å². The van der Waals surface area contributed by atoms with Gasteiger partial charge in [0.15, 0.2) is 0 Å². The summed E-state index contributed by atoms with van der Waals surface area (Å²) in [5.74, 6) is -0.196. The van der Waals surface area contributed by atoms with Crippen LogP contribution in [0.15, 0.2) is 18.2 Å². The van der Waals surface area contributed by atoms with Gasteiger partial charge in [-0.1, -0.05) is 44.4 Å². The van der Waals surface area contributed by atoms with Gasteiger partial charge in [-0.2, -0.15) is 0 Å². The molecule has 0 amide bonds. The molecular weight excluding hydrogens is 289 g/mol. The molecule has 0 bridgehead atoms. The van der Waals surface area contributed by atoms with Gasteiger partial charge in [-0.25, -0.2) is 4.39 Å². The van der Waals surface area contributed by atoms with Crippen molar-refractivity contribution in [3.63, 3.8) is 0 Å². The topological polar surface area (TPSA) is 21.3 Å². The van der Waals surface area contributed by atoms with Crippen LogP contribution >= 0.6 is 11.6 Å². The highest BCUT2D eigenvalue weighted by molar-refractivity contribution is 6.31. The van der Waals surface area contributed by atoms with E-state index in [1.807, 2.05) is 0 Å². The molecule has 0 fully saturated rings. The quantitative estimate of drug-likeness (QED) is 0.639. The molecule has 21 heavy (non-hydrogen) atoms. The third-order valence-electron chi connectivity index (χ3n) is 3.90. The van der Waals surface area contributed by atoms with Crippen molar-refractivity contribution in [3.8, 4) is 0 Å². The highest BCUT2D eigenvalue weighted by atomic mass is 35.5. The van der Waals surface area contributed by atoms with Crippen LogP contribution in [0.1, 0.15) is 45.1 Å². The SMILES string of the molecule is CCCC(CCC)(CNCCOC)c1c(F)cccc1Cl. The highest BCUT2D eigenvalue weighted by Gasteiger charge is 2.34. The van der Waals surface area contributed by atoms with E-state index in [9.17, 15) is 4.39 Å². The number of hydrogen-bond acceptors (Lipinski definition) is 2. The third kappa shape index (κ3) is 4.94. The van der Waals surface area contributed by atoms with E-state index in [0.29, 0.717) is 17.2 Å². The molecular formula is C17H27ClFNO. The molecule has 120 valence electrons. The number of benzene rings is 1. The first-order valence-corrected chi connectivity index (χ1v) is 8.13. The summed E-state index contributed by atoms with van der Waals surface area (Å²) in [5, 5.41) is 3.93. The van der Waals surface area contributed by atoms with E-state index in [-0.39, 0.29) is 11.2 Å². The summed E-state index contributed by atoms with van der Waals surface area (Å²) in [6.45, 7) is 6.40. The van der Waals surface area contributed by atoms with Gasteiger partial charge in [0.2, 0.25) is 0 Å². The zero-order chi connectivity index (χ0) is 15.7. The first-order valence-electron chi connectivity index (χ1n) is 7.75. The summed E-state index contributed by atoms with van der Waals surface area (Å²) in [5.41, 5.74) is 0.417. The highest BCUT2D eigenvalue weighted by Crippen LogP contribution is 2.39. The van der Waals surface area contributed by atoms with Crippen LogP contribution in [0.25, 0.3) is 0 Å². The minimum atomic E-state index is -0.250. The van der Waals surface area contributed by atoms with Gasteiger partial charge in [-0.05, 0) is 25.0 Å². The van der Waals surface area contributed by atoms with Crippen molar-refractivity contribution in [1.82, 2.24) is 5.32 Å². The van der Waals surface area contributed by atoms with E-state index in [2.05, 4.69) is 19.2 Å². The number of rotatable bonds is 10. The fraction of sp³-hybridized carbons (Fsp3) is 0.647. The van der Waals surface area contributed by atoms with Crippen LogP contribution in [0, 0.1) is 5.82 Å². The maximum Gasteiger partial charge on any atom is 0.128 e. The first-order chi connectivity index (χ1) is 10.1. The van der Waals surface area contributed by atoms with Crippen LogP contribution in [0.5, 0.6) is 0 Å². The minimum absolute atomic E-state index is 0.196. The largest absolute Gasteiger partial charge is 0.383 e. The molecule has 1 aromatic rings. The van der Waals surface area contributed by atoms with Crippen LogP contribution in [-0.2, 0) is 10.2 Å². The molecule has 4 heteroatoms. The number of halogens is 2. The van der Waals surface area contributed by atoms with Crippen molar-refractivity contribution in [2.45, 2.75) is 44.9 Å². The number of ether oxygens (including phenoxy) is 1. The lowest BCUT2D eigenvalue weighted by atomic mass is 9.73. The standard InChI is InChI=1S/C17H27ClFNO/c1-4-9-17(10-5-2,13-20-11-12-21-3)16-14(18)7-6-8-15(16)19/h6-8,20H,4-5,9-13H2,1-3H3. The summed E-state index contributed by atoms with van der Waals surface area (Å²) >= 11 is 6.33. The molecule has 0 spiro atoms. The number of methoxy groups -OCH3 is 1. The summed E-state index contributed by atoms with van der Waals surface area (Å²) in [6, 6.07) is 4.97. The van der Waals surface area contributed by atoms with Gasteiger partial charge in [0.1, 0.15) is 5.82 Å². The zero-order valence-electron chi connectivity index (χ0n) is 13.3. The fourth-order valence-corrected chi connectivity index (χ4v) is 3.47. The third-order valence-corrected chi connectivity index (χ3v) is 4.21. The Bertz CT molecular complexity index is 399. The molecule has 0 aliphatic rings. The van der Waals surface area contributed by atoms with Crippen molar-refractivity contribution < 1.29 is 9.13 Å². The molecule has 1 N–H and O–H groups in total.